The third-order valence-corrected chi connectivity index (χ3v) is 1.89. The van der Waals surface area contributed by atoms with E-state index in [2.05, 4.69) is 31.2 Å². The Bertz CT molecular complexity index is 146. The van der Waals surface area contributed by atoms with Crippen molar-refractivity contribution < 1.29 is 14.1 Å². The van der Waals surface area contributed by atoms with Gasteiger partial charge in [0, 0.05) is 0 Å². The van der Waals surface area contributed by atoms with Crippen LogP contribution in [0.5, 0.6) is 0 Å². The fraction of sp³-hybridized carbons (Fsp3) is 0.875. The van der Waals surface area contributed by atoms with Crippen LogP contribution in [0.3, 0.4) is 0 Å². The van der Waals surface area contributed by atoms with Gasteiger partial charge in [0.2, 0.25) is 0 Å². The predicted molar refractivity (Wildman–Crippen MR) is 47.3 cm³/mol. The minimum absolute atomic E-state index is 0.168. The number of rotatable bonds is 5. The largest absolute Gasteiger partial charge is 0.469 e. The quantitative estimate of drug-likeness (QED) is 0.367. The standard InChI is InChI=1S/C8H19N2O2/c1-5-10(2,3)9-7-6-8(11)12-4/h9H,5-7H2,1-4H3/q+1. The second kappa shape index (κ2) is 5.11. The molecule has 0 amide bonds. The first-order chi connectivity index (χ1) is 5.52. The number of nitrogens with one attached hydrogen (secondary N) is 1. The summed E-state index contributed by atoms with van der Waals surface area (Å²) in [5, 5.41) is 0. The average Bonchev–Trinajstić information content (AvgIpc) is 2.04. The molecule has 0 spiro atoms. The number of hydrogen-bond donors (Lipinski definition) is 1. The van der Waals surface area contributed by atoms with Gasteiger partial charge in [0.05, 0.1) is 40.7 Å². The van der Waals surface area contributed by atoms with Crippen LogP contribution in [0.25, 0.3) is 0 Å². The summed E-state index contributed by atoms with van der Waals surface area (Å²) in [6, 6.07) is 0. The van der Waals surface area contributed by atoms with Gasteiger partial charge in [0.15, 0.2) is 0 Å². The smallest absolute Gasteiger partial charge is 0.307 e. The average molecular weight is 175 g/mol. The van der Waals surface area contributed by atoms with Crippen molar-refractivity contribution in [2.75, 3.05) is 34.3 Å². The highest BCUT2D eigenvalue weighted by Crippen LogP contribution is 1.90. The van der Waals surface area contributed by atoms with Gasteiger partial charge >= 0.3 is 5.97 Å². The van der Waals surface area contributed by atoms with E-state index in [-0.39, 0.29) is 5.97 Å². The maximum atomic E-state index is 10.7. The molecule has 0 aliphatic carbocycles. The maximum absolute atomic E-state index is 10.7. The lowest BCUT2D eigenvalue weighted by Crippen LogP contribution is -2.52. The van der Waals surface area contributed by atoms with E-state index in [1.165, 1.54) is 7.11 Å². The maximum Gasteiger partial charge on any atom is 0.307 e. The first-order valence-corrected chi connectivity index (χ1v) is 4.16. The summed E-state index contributed by atoms with van der Waals surface area (Å²) >= 11 is 0. The first kappa shape index (κ1) is 11.4. The van der Waals surface area contributed by atoms with E-state index >= 15 is 0 Å². The highest BCUT2D eigenvalue weighted by molar-refractivity contribution is 5.69. The molecule has 0 aromatic rings. The Morgan fingerprint density at radius 1 is 1.50 bits per heavy atom. The number of carbonyl (C=O) groups is 1. The molecule has 0 bridgehead atoms. The van der Waals surface area contributed by atoms with Gasteiger partial charge in [-0.05, 0) is 6.92 Å². The molecule has 0 saturated carbocycles. The molecule has 12 heavy (non-hydrogen) atoms. The van der Waals surface area contributed by atoms with E-state index < -0.39 is 0 Å². The fourth-order valence-corrected chi connectivity index (χ4v) is 0.674. The Kier molecular flexibility index (Phi) is 4.85. The van der Waals surface area contributed by atoms with E-state index in [9.17, 15) is 4.79 Å². The molecular weight excluding hydrogens is 156 g/mol. The molecule has 0 radical (unpaired) electrons. The van der Waals surface area contributed by atoms with Gasteiger partial charge in [0.1, 0.15) is 0 Å². The lowest BCUT2D eigenvalue weighted by molar-refractivity contribution is -0.932. The summed E-state index contributed by atoms with van der Waals surface area (Å²) in [4.78, 5) is 10.7. The fourth-order valence-electron chi connectivity index (χ4n) is 0.674. The van der Waals surface area contributed by atoms with Gasteiger partial charge in [-0.2, -0.15) is 5.43 Å². The van der Waals surface area contributed by atoms with Gasteiger partial charge in [-0.15, -0.1) is 0 Å². The summed E-state index contributed by atoms with van der Waals surface area (Å²) in [6.07, 6.45) is 0.429. The lowest BCUT2D eigenvalue weighted by atomic mass is 10.4. The van der Waals surface area contributed by atoms with E-state index in [4.69, 9.17) is 0 Å². The van der Waals surface area contributed by atoms with Crippen LogP contribution in [0.15, 0.2) is 0 Å². The van der Waals surface area contributed by atoms with Crippen molar-refractivity contribution in [1.82, 2.24) is 5.43 Å². The van der Waals surface area contributed by atoms with Crippen LogP contribution in [0.4, 0.5) is 0 Å². The number of quaternary nitrogens is 1. The van der Waals surface area contributed by atoms with E-state index in [0.717, 1.165) is 11.1 Å². The molecule has 0 unspecified atom stereocenters. The van der Waals surface area contributed by atoms with Crippen molar-refractivity contribution in [3.05, 3.63) is 0 Å². The zero-order valence-corrected chi connectivity index (χ0v) is 8.39. The van der Waals surface area contributed by atoms with Crippen LogP contribution >= 0.6 is 0 Å². The lowest BCUT2D eigenvalue weighted by Gasteiger charge is -2.27. The molecule has 1 N–H and O–H groups in total. The van der Waals surface area contributed by atoms with Crippen molar-refractivity contribution >= 4 is 5.97 Å². The summed E-state index contributed by atoms with van der Waals surface area (Å²) in [5.41, 5.74) is 3.21. The summed E-state index contributed by atoms with van der Waals surface area (Å²) < 4.78 is 5.23. The Morgan fingerprint density at radius 3 is 2.50 bits per heavy atom. The van der Waals surface area contributed by atoms with Crippen molar-refractivity contribution in [2.45, 2.75) is 13.3 Å². The molecule has 0 aliphatic rings. The molecule has 0 saturated heterocycles. The predicted octanol–water partition coefficient (Wildman–Crippen LogP) is 0.150. The van der Waals surface area contributed by atoms with Crippen molar-refractivity contribution in [3.8, 4) is 0 Å². The molecule has 4 nitrogen and oxygen atoms in total. The molecule has 4 heteroatoms. The van der Waals surface area contributed by atoms with Crippen LogP contribution in [0.2, 0.25) is 0 Å². The van der Waals surface area contributed by atoms with E-state index in [1.54, 1.807) is 0 Å². The monoisotopic (exact) mass is 175 g/mol. The number of hydrogen-bond acceptors (Lipinski definition) is 3. The van der Waals surface area contributed by atoms with E-state index in [1.807, 2.05) is 0 Å². The van der Waals surface area contributed by atoms with Gasteiger partial charge < -0.3 is 4.74 Å². The summed E-state index contributed by atoms with van der Waals surface area (Å²) in [7, 11) is 5.51. The van der Waals surface area contributed by atoms with Gasteiger partial charge in [-0.1, -0.05) is 0 Å². The molecule has 0 fully saturated rings. The number of ether oxygens (including phenoxy) is 1. The number of nitrogens with zero attached hydrogens (tertiary/aromatic N) is 1. The highest BCUT2D eigenvalue weighted by atomic mass is 16.5. The molecule has 0 rings (SSSR count). The molecule has 0 aromatic carbocycles. The van der Waals surface area contributed by atoms with Crippen LogP contribution in [-0.4, -0.2) is 44.9 Å². The second-order valence-corrected chi connectivity index (χ2v) is 3.24. The van der Waals surface area contributed by atoms with Crippen LogP contribution in [0.1, 0.15) is 13.3 Å². The number of methoxy groups -OCH3 is 1. The van der Waals surface area contributed by atoms with Crippen LogP contribution in [-0.2, 0) is 9.53 Å². The summed E-state index contributed by atoms with van der Waals surface area (Å²) in [5.74, 6) is -0.168. The Hall–Kier alpha value is -0.610. The third-order valence-electron chi connectivity index (χ3n) is 1.89. The molecule has 0 aromatic heterocycles. The first-order valence-electron chi connectivity index (χ1n) is 4.16. The topological polar surface area (TPSA) is 38.3 Å². The molecule has 0 aliphatic heterocycles. The number of carbonyl (C=O) groups excluding carboxylic acids is 1. The molecule has 0 heterocycles. The van der Waals surface area contributed by atoms with Gasteiger partial charge in [-0.25, -0.2) is 0 Å². The highest BCUT2D eigenvalue weighted by Gasteiger charge is 2.11. The van der Waals surface area contributed by atoms with Gasteiger partial charge in [0.25, 0.3) is 0 Å². The zero-order valence-electron chi connectivity index (χ0n) is 8.39. The summed E-state index contributed by atoms with van der Waals surface area (Å²) in [6.45, 7) is 3.74. The van der Waals surface area contributed by atoms with Crippen LogP contribution < -0.4 is 5.43 Å². The van der Waals surface area contributed by atoms with E-state index in [0.29, 0.717) is 13.0 Å². The SMILES string of the molecule is CC[N+](C)(C)NCCC(=O)OC. The normalized spacial score (nSPS) is 11.3. The molecule has 0 atom stereocenters. The van der Waals surface area contributed by atoms with Gasteiger partial charge in [-0.3, -0.25) is 9.39 Å². The van der Waals surface area contributed by atoms with Crippen molar-refractivity contribution in [2.24, 2.45) is 0 Å². The third kappa shape index (κ3) is 5.09. The Labute approximate surface area is 74.1 Å². The second-order valence-electron chi connectivity index (χ2n) is 3.24. The Morgan fingerprint density at radius 2 is 2.08 bits per heavy atom. The minimum atomic E-state index is -0.168. The number of esters is 1. The molecule has 72 valence electrons. The van der Waals surface area contributed by atoms with Crippen molar-refractivity contribution in [1.29, 1.82) is 0 Å². The Balaban J connectivity index is 3.49. The van der Waals surface area contributed by atoms with Crippen LogP contribution in [0, 0.1) is 0 Å². The minimum Gasteiger partial charge on any atom is -0.469 e. The molecular formula is C8H19N2O2+. The zero-order chi connectivity index (χ0) is 9.61. The van der Waals surface area contributed by atoms with Crippen molar-refractivity contribution in [3.63, 3.8) is 0 Å².